The van der Waals surface area contributed by atoms with Crippen molar-refractivity contribution in [3.63, 3.8) is 0 Å². The van der Waals surface area contributed by atoms with Gasteiger partial charge in [0.05, 0.1) is 24.9 Å². The van der Waals surface area contributed by atoms with Crippen molar-refractivity contribution in [3.05, 3.63) is 39.3 Å². The van der Waals surface area contributed by atoms with Crippen molar-refractivity contribution in [1.82, 2.24) is 15.2 Å². The third kappa shape index (κ3) is 4.71. The van der Waals surface area contributed by atoms with Gasteiger partial charge >= 0.3 is 0 Å². The number of hydrogen-bond donors (Lipinski definition) is 1. The molecule has 0 saturated heterocycles. The van der Waals surface area contributed by atoms with E-state index in [1.165, 1.54) is 11.1 Å². The lowest BCUT2D eigenvalue weighted by Crippen LogP contribution is -2.44. The lowest BCUT2D eigenvalue weighted by Gasteiger charge is -2.32. The molecule has 0 aliphatic carbocycles. The van der Waals surface area contributed by atoms with Crippen LogP contribution in [0.4, 0.5) is 0 Å². The molecule has 1 aromatic carbocycles. The number of aryl methyl sites for hydroxylation is 1. The first kappa shape index (κ1) is 19.5. The third-order valence-corrected chi connectivity index (χ3v) is 5.47. The van der Waals surface area contributed by atoms with Gasteiger partial charge in [0.1, 0.15) is 0 Å². The number of aromatic nitrogens is 1. The first-order chi connectivity index (χ1) is 13.1. The minimum absolute atomic E-state index is 0.737. The van der Waals surface area contributed by atoms with Crippen molar-refractivity contribution < 1.29 is 9.47 Å². The largest absolute Gasteiger partial charge is 0.493 e. The molecule has 27 heavy (non-hydrogen) atoms. The summed E-state index contributed by atoms with van der Waals surface area (Å²) in [5.74, 6) is 2.53. The maximum Gasteiger partial charge on any atom is 0.194 e. The molecule has 0 saturated carbocycles. The predicted molar refractivity (Wildman–Crippen MR) is 110 cm³/mol. The molecule has 1 aliphatic heterocycles. The maximum atomic E-state index is 5.47. The summed E-state index contributed by atoms with van der Waals surface area (Å²) in [4.78, 5) is 11.7. The van der Waals surface area contributed by atoms with E-state index in [0.29, 0.717) is 0 Å². The van der Waals surface area contributed by atoms with E-state index in [2.05, 4.69) is 39.6 Å². The number of ether oxygens (including phenoxy) is 2. The Morgan fingerprint density at radius 3 is 2.63 bits per heavy atom. The molecule has 0 bridgehead atoms. The number of methoxy groups -OCH3 is 2. The Morgan fingerprint density at radius 1 is 1.26 bits per heavy atom. The minimum Gasteiger partial charge on any atom is -0.493 e. The zero-order valence-corrected chi connectivity index (χ0v) is 17.4. The first-order valence-corrected chi connectivity index (χ1v) is 10.2. The first-order valence-electron chi connectivity index (χ1n) is 9.32. The minimum atomic E-state index is 0.737. The summed E-state index contributed by atoms with van der Waals surface area (Å²) < 4.78 is 10.9. The molecule has 1 aromatic heterocycles. The lowest BCUT2D eigenvalue weighted by atomic mass is 9.99. The fourth-order valence-corrected chi connectivity index (χ4v) is 3.94. The van der Waals surface area contributed by atoms with Crippen LogP contribution in [0.3, 0.4) is 0 Å². The number of aliphatic imine (C=N–C) groups is 1. The highest BCUT2D eigenvalue weighted by atomic mass is 32.1. The van der Waals surface area contributed by atoms with E-state index in [1.807, 2.05) is 6.92 Å². The van der Waals surface area contributed by atoms with Gasteiger partial charge in [-0.2, -0.15) is 0 Å². The molecule has 2 heterocycles. The summed E-state index contributed by atoms with van der Waals surface area (Å²) in [6.45, 7) is 7.48. The molecule has 7 heteroatoms. The van der Waals surface area contributed by atoms with Gasteiger partial charge in [-0.25, -0.2) is 4.98 Å². The molecule has 0 amide bonds. The number of thiazole rings is 1. The molecule has 0 spiro atoms. The Kier molecular flexibility index (Phi) is 6.55. The fraction of sp³-hybridized carbons (Fsp3) is 0.500. The second kappa shape index (κ2) is 9.08. The molecule has 1 N–H and O–H groups in total. The van der Waals surface area contributed by atoms with Gasteiger partial charge in [0.15, 0.2) is 17.5 Å². The SMILES string of the molecule is CCNC(=NCCc1csc(C)n1)N1CCc2cc(OC)c(OC)cc2C1. The zero-order chi connectivity index (χ0) is 19.2. The number of benzene rings is 1. The van der Waals surface area contributed by atoms with Crippen molar-refractivity contribution in [2.45, 2.75) is 33.2 Å². The topological polar surface area (TPSA) is 59.0 Å². The Bertz CT molecular complexity index is 803. The average Bonchev–Trinajstić information content (AvgIpc) is 3.10. The van der Waals surface area contributed by atoms with Crippen molar-refractivity contribution in [3.8, 4) is 11.5 Å². The van der Waals surface area contributed by atoms with E-state index < -0.39 is 0 Å². The van der Waals surface area contributed by atoms with Crippen molar-refractivity contribution >= 4 is 17.3 Å². The van der Waals surface area contributed by atoms with E-state index in [4.69, 9.17) is 14.5 Å². The smallest absolute Gasteiger partial charge is 0.194 e. The standard InChI is InChI=1S/C20H28N4O2S/c1-5-21-20(22-8-6-17-13-27-14(2)23-17)24-9-7-15-10-18(25-3)19(26-4)11-16(15)12-24/h10-11,13H,5-9,12H2,1-4H3,(H,21,22). The van der Waals surface area contributed by atoms with E-state index in [-0.39, 0.29) is 0 Å². The van der Waals surface area contributed by atoms with E-state index in [0.717, 1.165) is 67.2 Å². The van der Waals surface area contributed by atoms with Crippen molar-refractivity contribution in [2.75, 3.05) is 33.9 Å². The van der Waals surface area contributed by atoms with Crippen LogP contribution >= 0.6 is 11.3 Å². The Morgan fingerprint density at radius 2 is 2.00 bits per heavy atom. The summed E-state index contributed by atoms with van der Waals surface area (Å²) in [5, 5.41) is 6.66. The highest BCUT2D eigenvalue weighted by molar-refractivity contribution is 7.09. The molecule has 0 atom stereocenters. The molecule has 0 fully saturated rings. The van der Waals surface area contributed by atoms with Crippen LogP contribution in [-0.4, -0.2) is 49.7 Å². The van der Waals surface area contributed by atoms with E-state index in [1.54, 1.807) is 25.6 Å². The van der Waals surface area contributed by atoms with Gasteiger partial charge < -0.3 is 19.7 Å². The molecule has 1 aliphatic rings. The number of fused-ring (bicyclic) bond motifs is 1. The zero-order valence-electron chi connectivity index (χ0n) is 16.5. The second-order valence-corrected chi connectivity index (χ2v) is 7.55. The van der Waals surface area contributed by atoms with Crippen LogP contribution in [0.2, 0.25) is 0 Å². The van der Waals surface area contributed by atoms with Crippen LogP contribution in [0.15, 0.2) is 22.5 Å². The number of nitrogens with one attached hydrogen (secondary N) is 1. The summed E-state index contributed by atoms with van der Waals surface area (Å²) in [6, 6.07) is 4.18. The van der Waals surface area contributed by atoms with Gasteiger partial charge in [0.25, 0.3) is 0 Å². The average molecular weight is 389 g/mol. The molecule has 146 valence electrons. The molecular weight excluding hydrogens is 360 g/mol. The predicted octanol–water partition coefficient (Wildman–Crippen LogP) is 3.04. The number of guanidine groups is 1. The molecule has 2 aromatic rings. The van der Waals surface area contributed by atoms with Gasteiger partial charge in [-0.3, -0.25) is 4.99 Å². The Labute approximate surface area is 165 Å². The Balaban J connectivity index is 1.72. The van der Waals surface area contributed by atoms with Crippen LogP contribution in [0.5, 0.6) is 11.5 Å². The Hall–Kier alpha value is -2.28. The van der Waals surface area contributed by atoms with Gasteiger partial charge in [-0.15, -0.1) is 11.3 Å². The van der Waals surface area contributed by atoms with Crippen molar-refractivity contribution in [2.24, 2.45) is 4.99 Å². The van der Waals surface area contributed by atoms with Crippen LogP contribution in [0.25, 0.3) is 0 Å². The highest BCUT2D eigenvalue weighted by Crippen LogP contribution is 2.33. The number of rotatable bonds is 6. The summed E-state index contributed by atoms with van der Waals surface area (Å²) in [6.07, 6.45) is 1.83. The van der Waals surface area contributed by atoms with Gasteiger partial charge in [0, 0.05) is 38.0 Å². The molecule has 0 unspecified atom stereocenters. The highest BCUT2D eigenvalue weighted by Gasteiger charge is 2.21. The molecule has 6 nitrogen and oxygen atoms in total. The van der Waals surface area contributed by atoms with Crippen LogP contribution in [0.1, 0.15) is 28.8 Å². The second-order valence-electron chi connectivity index (χ2n) is 6.49. The maximum absolute atomic E-state index is 5.47. The molecular formula is C20H28N4O2S. The summed E-state index contributed by atoms with van der Waals surface area (Å²) in [5.41, 5.74) is 3.70. The van der Waals surface area contributed by atoms with Crippen LogP contribution in [0, 0.1) is 6.92 Å². The van der Waals surface area contributed by atoms with E-state index >= 15 is 0 Å². The van der Waals surface area contributed by atoms with Gasteiger partial charge in [-0.1, -0.05) is 0 Å². The fourth-order valence-electron chi connectivity index (χ4n) is 3.29. The number of nitrogens with zero attached hydrogens (tertiary/aromatic N) is 3. The van der Waals surface area contributed by atoms with Crippen LogP contribution < -0.4 is 14.8 Å². The van der Waals surface area contributed by atoms with Crippen LogP contribution in [-0.2, 0) is 19.4 Å². The number of hydrogen-bond acceptors (Lipinski definition) is 5. The van der Waals surface area contributed by atoms with Gasteiger partial charge in [0.2, 0.25) is 0 Å². The van der Waals surface area contributed by atoms with E-state index in [9.17, 15) is 0 Å². The van der Waals surface area contributed by atoms with Gasteiger partial charge in [-0.05, 0) is 43.5 Å². The monoisotopic (exact) mass is 388 g/mol. The summed E-state index contributed by atoms with van der Waals surface area (Å²) >= 11 is 1.69. The third-order valence-electron chi connectivity index (χ3n) is 4.65. The quantitative estimate of drug-likeness (QED) is 0.609. The lowest BCUT2D eigenvalue weighted by molar-refractivity contribution is 0.346. The van der Waals surface area contributed by atoms with Crippen molar-refractivity contribution in [1.29, 1.82) is 0 Å². The molecule has 3 rings (SSSR count). The summed E-state index contributed by atoms with van der Waals surface area (Å²) in [7, 11) is 3.36. The normalized spacial score (nSPS) is 14.1. The molecule has 0 radical (unpaired) electrons.